The first-order valence-corrected chi connectivity index (χ1v) is 10.3. The molecule has 0 bridgehead atoms. The van der Waals surface area contributed by atoms with Crippen molar-refractivity contribution in [2.75, 3.05) is 38.7 Å². The van der Waals surface area contributed by atoms with Crippen LogP contribution in [0.3, 0.4) is 0 Å². The maximum atomic E-state index is 13.7. The minimum absolute atomic E-state index is 0.208. The number of benzene rings is 2. The van der Waals surface area contributed by atoms with Gasteiger partial charge in [-0.05, 0) is 38.7 Å². The molecule has 0 fully saturated rings. The molecule has 0 aliphatic carbocycles. The van der Waals surface area contributed by atoms with Gasteiger partial charge in [-0.3, -0.25) is 4.79 Å². The van der Waals surface area contributed by atoms with Crippen molar-refractivity contribution >= 4 is 29.3 Å². The van der Waals surface area contributed by atoms with Crippen LogP contribution in [0.1, 0.15) is 12.5 Å². The summed E-state index contributed by atoms with van der Waals surface area (Å²) in [5, 5.41) is 0. The third kappa shape index (κ3) is 4.08. The van der Waals surface area contributed by atoms with Crippen LogP contribution in [-0.4, -0.2) is 55.3 Å². The fourth-order valence-corrected chi connectivity index (χ4v) is 4.67. The summed E-state index contributed by atoms with van der Waals surface area (Å²) in [7, 11) is 3.94. The third-order valence-corrected chi connectivity index (χ3v) is 6.10. The Morgan fingerprint density at radius 2 is 1.79 bits per heavy atom. The lowest BCUT2D eigenvalue weighted by atomic mass is 9.95. The Morgan fingerprint density at radius 1 is 1.11 bits per heavy atom. The van der Waals surface area contributed by atoms with E-state index in [-0.39, 0.29) is 12.5 Å². The Balaban J connectivity index is 2.07. The van der Waals surface area contributed by atoms with Crippen LogP contribution in [0, 0.1) is 0 Å². The number of nitrogens with zero attached hydrogens (tertiary/aromatic N) is 2. The van der Waals surface area contributed by atoms with Crippen molar-refractivity contribution in [1.82, 2.24) is 4.90 Å². The van der Waals surface area contributed by atoms with Crippen molar-refractivity contribution in [3.05, 3.63) is 60.2 Å². The van der Waals surface area contributed by atoms with Gasteiger partial charge in [0, 0.05) is 24.4 Å². The van der Waals surface area contributed by atoms with E-state index in [0.29, 0.717) is 19.5 Å². The molecule has 5 nitrogen and oxygen atoms in total. The van der Waals surface area contributed by atoms with Gasteiger partial charge >= 0.3 is 5.97 Å². The molecule has 0 spiro atoms. The van der Waals surface area contributed by atoms with Crippen LogP contribution in [0.4, 0.5) is 5.69 Å². The summed E-state index contributed by atoms with van der Waals surface area (Å²) in [5.41, 5.74) is 1.79. The number of esters is 1. The smallest absolute Gasteiger partial charge is 0.332 e. The standard InChI is InChI=1S/C22H26N2O3S/c1-4-27-21(26)22(16-17-10-6-5-7-11-17)20(25)24(15-14-23(2)3)18-12-8-9-13-19(18)28-22/h5-13H,4,14-16H2,1-3H3. The molecule has 0 saturated heterocycles. The van der Waals surface area contributed by atoms with Gasteiger partial charge in [-0.1, -0.05) is 54.2 Å². The summed E-state index contributed by atoms with van der Waals surface area (Å²) in [5.74, 6) is -0.682. The van der Waals surface area contributed by atoms with E-state index < -0.39 is 10.7 Å². The first-order chi connectivity index (χ1) is 13.5. The summed E-state index contributed by atoms with van der Waals surface area (Å²) in [6.07, 6.45) is 0.295. The number of thioether (sulfide) groups is 1. The molecule has 2 aromatic rings. The number of hydrogen-bond donors (Lipinski definition) is 0. The van der Waals surface area contributed by atoms with Crippen molar-refractivity contribution in [2.24, 2.45) is 0 Å². The second-order valence-corrected chi connectivity index (χ2v) is 8.38. The van der Waals surface area contributed by atoms with E-state index in [1.54, 1.807) is 11.8 Å². The minimum atomic E-state index is -1.32. The zero-order valence-electron chi connectivity index (χ0n) is 16.6. The number of ether oxygens (including phenoxy) is 1. The van der Waals surface area contributed by atoms with Crippen LogP contribution in [-0.2, 0) is 20.7 Å². The van der Waals surface area contributed by atoms with E-state index in [2.05, 4.69) is 0 Å². The predicted molar refractivity (Wildman–Crippen MR) is 113 cm³/mol. The van der Waals surface area contributed by atoms with Gasteiger partial charge in [0.2, 0.25) is 4.75 Å². The van der Waals surface area contributed by atoms with Crippen LogP contribution in [0.15, 0.2) is 59.5 Å². The van der Waals surface area contributed by atoms with Crippen LogP contribution >= 0.6 is 11.8 Å². The lowest BCUT2D eigenvalue weighted by Gasteiger charge is -2.40. The molecule has 28 heavy (non-hydrogen) atoms. The van der Waals surface area contributed by atoms with Gasteiger partial charge in [-0.2, -0.15) is 0 Å². The summed E-state index contributed by atoms with van der Waals surface area (Å²) >= 11 is 1.31. The van der Waals surface area contributed by atoms with Gasteiger partial charge in [-0.15, -0.1) is 0 Å². The number of para-hydroxylation sites is 1. The van der Waals surface area contributed by atoms with Gasteiger partial charge in [-0.25, -0.2) is 4.79 Å². The Bertz CT molecular complexity index is 841. The summed E-state index contributed by atoms with van der Waals surface area (Å²) in [6.45, 7) is 3.22. The number of likely N-dealkylation sites (N-methyl/N-ethyl adjacent to an activating group) is 1. The largest absolute Gasteiger partial charge is 0.465 e. The van der Waals surface area contributed by atoms with E-state index in [0.717, 1.165) is 16.1 Å². The number of hydrogen-bond acceptors (Lipinski definition) is 5. The highest BCUT2D eigenvalue weighted by Gasteiger charge is 2.54. The van der Waals surface area contributed by atoms with Gasteiger partial charge in [0.05, 0.1) is 12.3 Å². The molecule has 1 aliphatic rings. The van der Waals surface area contributed by atoms with Crippen molar-refractivity contribution in [3.8, 4) is 0 Å². The first-order valence-electron chi connectivity index (χ1n) is 9.44. The first kappa shape index (κ1) is 20.4. The highest BCUT2D eigenvalue weighted by Crippen LogP contribution is 2.47. The van der Waals surface area contributed by atoms with E-state index in [1.165, 1.54) is 11.8 Å². The second-order valence-electron chi connectivity index (χ2n) is 7.04. The molecular weight excluding hydrogens is 372 g/mol. The van der Waals surface area contributed by atoms with E-state index in [1.807, 2.05) is 73.6 Å². The average molecular weight is 399 g/mol. The number of carbonyl (C=O) groups excluding carboxylic acids is 2. The van der Waals surface area contributed by atoms with Crippen molar-refractivity contribution in [3.63, 3.8) is 0 Å². The molecule has 3 rings (SSSR count). The maximum Gasteiger partial charge on any atom is 0.332 e. The summed E-state index contributed by atoms with van der Waals surface area (Å²) < 4.78 is 4.08. The van der Waals surface area contributed by atoms with Crippen molar-refractivity contribution < 1.29 is 14.3 Å². The molecule has 1 unspecified atom stereocenters. The van der Waals surface area contributed by atoms with Crippen LogP contribution in [0.5, 0.6) is 0 Å². The van der Waals surface area contributed by atoms with E-state index in [9.17, 15) is 9.59 Å². The fourth-order valence-electron chi connectivity index (χ4n) is 3.29. The minimum Gasteiger partial charge on any atom is -0.465 e. The SMILES string of the molecule is CCOC(=O)C1(Cc2ccccc2)Sc2ccccc2N(CCN(C)C)C1=O. The second kappa shape index (κ2) is 8.80. The summed E-state index contributed by atoms with van der Waals surface area (Å²) in [6, 6.07) is 17.4. The molecule has 0 aromatic heterocycles. The topological polar surface area (TPSA) is 49.9 Å². The van der Waals surface area contributed by atoms with Crippen LogP contribution < -0.4 is 4.90 Å². The molecular formula is C22H26N2O3S. The summed E-state index contributed by atoms with van der Waals surface area (Å²) in [4.78, 5) is 31.5. The number of rotatable bonds is 7. The Morgan fingerprint density at radius 3 is 2.46 bits per heavy atom. The quantitative estimate of drug-likeness (QED) is 0.529. The van der Waals surface area contributed by atoms with Crippen molar-refractivity contribution in [1.29, 1.82) is 0 Å². The van der Waals surface area contributed by atoms with Gasteiger partial charge in [0.15, 0.2) is 0 Å². The van der Waals surface area contributed by atoms with E-state index >= 15 is 0 Å². The molecule has 1 atom stereocenters. The lowest BCUT2D eigenvalue weighted by Crippen LogP contribution is -2.57. The number of anilines is 1. The van der Waals surface area contributed by atoms with Crippen molar-refractivity contribution in [2.45, 2.75) is 23.0 Å². The third-order valence-electron chi connectivity index (χ3n) is 4.70. The number of amides is 1. The Hall–Kier alpha value is -2.31. The molecule has 0 saturated carbocycles. The molecule has 1 amide bonds. The molecule has 0 N–H and O–H groups in total. The highest BCUT2D eigenvalue weighted by molar-refractivity contribution is 8.02. The molecule has 6 heteroatoms. The molecule has 0 radical (unpaired) electrons. The van der Waals surface area contributed by atoms with Gasteiger partial charge in [0.25, 0.3) is 5.91 Å². The zero-order chi connectivity index (χ0) is 20.1. The normalized spacial score (nSPS) is 18.9. The zero-order valence-corrected chi connectivity index (χ0v) is 17.4. The lowest BCUT2D eigenvalue weighted by molar-refractivity contribution is -0.149. The fraction of sp³-hybridized carbons (Fsp3) is 0.364. The Kier molecular flexibility index (Phi) is 6.42. The monoisotopic (exact) mass is 398 g/mol. The van der Waals surface area contributed by atoms with Gasteiger partial charge in [0.1, 0.15) is 0 Å². The van der Waals surface area contributed by atoms with Gasteiger partial charge < -0.3 is 14.5 Å². The number of carbonyl (C=O) groups is 2. The number of fused-ring (bicyclic) bond motifs is 1. The van der Waals surface area contributed by atoms with E-state index in [4.69, 9.17) is 4.74 Å². The molecule has 148 valence electrons. The predicted octanol–water partition coefficient (Wildman–Crippen LogP) is 3.23. The maximum absolute atomic E-state index is 13.7. The van der Waals surface area contributed by atoms with Crippen LogP contribution in [0.25, 0.3) is 0 Å². The molecule has 1 aliphatic heterocycles. The average Bonchev–Trinajstić information content (AvgIpc) is 2.69. The highest BCUT2D eigenvalue weighted by atomic mass is 32.2. The molecule has 2 aromatic carbocycles. The van der Waals surface area contributed by atoms with Crippen LogP contribution in [0.2, 0.25) is 0 Å². The Labute approximate surface area is 170 Å². The molecule has 1 heterocycles.